The molecule has 0 N–H and O–H groups in total. The van der Waals surface area contributed by atoms with Crippen LogP contribution in [0.5, 0.6) is 5.75 Å². The SMILES string of the molecule is COc1ccc(CN2CCN(CN3C(=O)C(=O)c4cc(C(C)C)ccc43)CC2)cc1. The molecule has 2 heterocycles. The largest absolute Gasteiger partial charge is 0.497 e. The molecule has 2 aliphatic rings. The van der Waals surface area contributed by atoms with Gasteiger partial charge in [-0.15, -0.1) is 0 Å². The van der Waals surface area contributed by atoms with Crippen LogP contribution in [0.2, 0.25) is 0 Å². The first-order valence-corrected chi connectivity index (χ1v) is 10.5. The molecule has 0 radical (unpaired) electrons. The van der Waals surface area contributed by atoms with Crippen LogP contribution >= 0.6 is 0 Å². The molecule has 1 fully saturated rings. The van der Waals surface area contributed by atoms with Crippen molar-refractivity contribution < 1.29 is 14.3 Å². The summed E-state index contributed by atoms with van der Waals surface area (Å²) in [6.07, 6.45) is 0. The molecule has 2 aromatic carbocycles. The molecule has 158 valence electrons. The molecular formula is C24H29N3O3. The number of amides is 1. The summed E-state index contributed by atoms with van der Waals surface area (Å²) in [6, 6.07) is 14.0. The van der Waals surface area contributed by atoms with Crippen molar-refractivity contribution in [2.45, 2.75) is 26.3 Å². The van der Waals surface area contributed by atoms with Gasteiger partial charge < -0.3 is 4.74 Å². The van der Waals surface area contributed by atoms with Crippen LogP contribution in [0.4, 0.5) is 5.69 Å². The number of benzene rings is 2. The molecule has 0 aliphatic carbocycles. The number of rotatable bonds is 6. The van der Waals surface area contributed by atoms with Gasteiger partial charge in [-0.3, -0.25) is 24.3 Å². The standard InChI is InChI=1S/C24H29N3O3/c1-17(2)19-6-9-22-21(14-19)23(28)24(29)27(22)16-26-12-10-25(11-13-26)15-18-4-7-20(30-3)8-5-18/h4-9,14,17H,10-13,15-16H2,1-3H3. The van der Waals surface area contributed by atoms with Gasteiger partial charge in [0, 0.05) is 32.7 Å². The van der Waals surface area contributed by atoms with E-state index in [0.717, 1.165) is 49.7 Å². The molecule has 0 saturated carbocycles. The zero-order valence-electron chi connectivity index (χ0n) is 17.9. The van der Waals surface area contributed by atoms with Gasteiger partial charge in [-0.1, -0.05) is 32.0 Å². The minimum atomic E-state index is -0.411. The fourth-order valence-corrected chi connectivity index (χ4v) is 4.10. The number of carbonyl (C=O) groups excluding carboxylic acids is 2. The van der Waals surface area contributed by atoms with Crippen molar-refractivity contribution in [3.63, 3.8) is 0 Å². The lowest BCUT2D eigenvalue weighted by molar-refractivity contribution is -0.114. The summed E-state index contributed by atoms with van der Waals surface area (Å²) in [6.45, 7) is 9.15. The molecule has 2 aromatic rings. The van der Waals surface area contributed by atoms with E-state index in [0.29, 0.717) is 18.2 Å². The van der Waals surface area contributed by atoms with Crippen molar-refractivity contribution >= 4 is 17.4 Å². The number of ketones is 1. The Morgan fingerprint density at radius 2 is 1.60 bits per heavy atom. The van der Waals surface area contributed by atoms with Gasteiger partial charge in [-0.05, 0) is 41.3 Å². The number of Topliss-reactive ketones (excluding diaryl/α,β-unsaturated/α-hetero) is 1. The number of hydrogen-bond donors (Lipinski definition) is 0. The number of hydrogen-bond acceptors (Lipinski definition) is 5. The third kappa shape index (κ3) is 4.11. The Morgan fingerprint density at radius 1 is 0.933 bits per heavy atom. The second-order valence-corrected chi connectivity index (χ2v) is 8.38. The molecule has 0 spiro atoms. The quantitative estimate of drug-likeness (QED) is 0.689. The Balaban J connectivity index is 1.36. The Bertz CT molecular complexity index is 931. The Hall–Kier alpha value is -2.70. The summed E-state index contributed by atoms with van der Waals surface area (Å²) in [5.41, 5.74) is 3.64. The molecule has 4 rings (SSSR count). The smallest absolute Gasteiger partial charge is 0.300 e. The average molecular weight is 408 g/mol. The molecular weight excluding hydrogens is 378 g/mol. The van der Waals surface area contributed by atoms with Gasteiger partial charge in [0.05, 0.1) is 25.0 Å². The summed E-state index contributed by atoms with van der Waals surface area (Å²) < 4.78 is 5.22. The Morgan fingerprint density at radius 3 is 2.23 bits per heavy atom. The van der Waals surface area contributed by atoms with Gasteiger partial charge in [0.2, 0.25) is 0 Å². The van der Waals surface area contributed by atoms with E-state index in [2.05, 4.69) is 35.8 Å². The highest BCUT2D eigenvalue weighted by Gasteiger charge is 2.37. The second kappa shape index (κ2) is 8.58. The van der Waals surface area contributed by atoms with Crippen molar-refractivity contribution in [1.29, 1.82) is 0 Å². The molecule has 30 heavy (non-hydrogen) atoms. The maximum atomic E-state index is 12.6. The predicted molar refractivity (Wildman–Crippen MR) is 117 cm³/mol. The molecule has 6 nitrogen and oxygen atoms in total. The second-order valence-electron chi connectivity index (χ2n) is 8.38. The first kappa shape index (κ1) is 20.6. The molecule has 1 amide bonds. The molecule has 0 atom stereocenters. The van der Waals surface area contributed by atoms with Gasteiger partial charge in [-0.25, -0.2) is 0 Å². The van der Waals surface area contributed by atoms with Gasteiger partial charge in [0.15, 0.2) is 0 Å². The number of carbonyl (C=O) groups is 2. The first-order valence-electron chi connectivity index (χ1n) is 10.5. The fraction of sp³-hybridized carbons (Fsp3) is 0.417. The van der Waals surface area contributed by atoms with Crippen molar-refractivity contribution in [3.05, 3.63) is 59.2 Å². The number of nitrogens with zero attached hydrogens (tertiary/aromatic N) is 3. The highest BCUT2D eigenvalue weighted by atomic mass is 16.5. The molecule has 0 unspecified atom stereocenters. The van der Waals surface area contributed by atoms with Gasteiger partial charge >= 0.3 is 5.91 Å². The van der Waals surface area contributed by atoms with Crippen molar-refractivity contribution in [3.8, 4) is 5.75 Å². The Labute approximate surface area is 178 Å². The molecule has 1 saturated heterocycles. The minimum absolute atomic E-state index is 0.325. The molecule has 0 bridgehead atoms. The van der Waals surface area contributed by atoms with Crippen molar-refractivity contribution in [2.75, 3.05) is 44.9 Å². The molecule has 0 aromatic heterocycles. The lowest BCUT2D eigenvalue weighted by Crippen LogP contribution is -2.50. The third-order valence-corrected chi connectivity index (χ3v) is 6.03. The average Bonchev–Trinajstić information content (AvgIpc) is 3.00. The number of anilines is 1. The number of ether oxygens (including phenoxy) is 1. The molecule has 2 aliphatic heterocycles. The minimum Gasteiger partial charge on any atom is -0.497 e. The number of piperazine rings is 1. The normalized spacial score (nSPS) is 17.7. The van der Waals surface area contributed by atoms with Crippen LogP contribution in [0.3, 0.4) is 0 Å². The monoisotopic (exact) mass is 407 g/mol. The van der Waals surface area contributed by atoms with E-state index in [-0.39, 0.29) is 5.78 Å². The maximum Gasteiger partial charge on any atom is 0.300 e. The summed E-state index contributed by atoms with van der Waals surface area (Å²) in [7, 11) is 1.68. The van der Waals surface area contributed by atoms with Crippen LogP contribution in [0, 0.1) is 0 Å². The van der Waals surface area contributed by atoms with E-state index >= 15 is 0 Å². The van der Waals surface area contributed by atoms with Crippen molar-refractivity contribution in [2.24, 2.45) is 0 Å². The van der Waals surface area contributed by atoms with Crippen LogP contribution in [0.1, 0.15) is 41.3 Å². The first-order chi connectivity index (χ1) is 14.5. The lowest BCUT2D eigenvalue weighted by Gasteiger charge is -2.36. The van der Waals surface area contributed by atoms with E-state index < -0.39 is 5.91 Å². The lowest BCUT2D eigenvalue weighted by atomic mass is 9.99. The van der Waals surface area contributed by atoms with E-state index in [9.17, 15) is 9.59 Å². The van der Waals surface area contributed by atoms with E-state index in [4.69, 9.17) is 4.74 Å². The van der Waals surface area contributed by atoms with Crippen LogP contribution in [-0.4, -0.2) is 61.4 Å². The predicted octanol–water partition coefficient (Wildman–Crippen LogP) is 3.12. The highest BCUT2D eigenvalue weighted by Crippen LogP contribution is 2.32. The zero-order chi connectivity index (χ0) is 21.3. The molecule has 6 heteroatoms. The van der Waals surface area contributed by atoms with Crippen LogP contribution in [0.15, 0.2) is 42.5 Å². The number of methoxy groups -OCH3 is 1. The topological polar surface area (TPSA) is 53.1 Å². The maximum absolute atomic E-state index is 12.6. The van der Waals surface area contributed by atoms with Gasteiger partial charge in [0.1, 0.15) is 5.75 Å². The summed E-state index contributed by atoms with van der Waals surface area (Å²) in [4.78, 5) is 31.4. The van der Waals surface area contributed by atoms with Gasteiger partial charge in [0.25, 0.3) is 5.78 Å². The van der Waals surface area contributed by atoms with Crippen LogP contribution < -0.4 is 9.64 Å². The summed E-state index contributed by atoms with van der Waals surface area (Å²) in [5.74, 6) is 0.400. The van der Waals surface area contributed by atoms with E-state index in [1.54, 1.807) is 12.0 Å². The summed E-state index contributed by atoms with van der Waals surface area (Å²) >= 11 is 0. The van der Waals surface area contributed by atoms with E-state index in [1.165, 1.54) is 5.56 Å². The van der Waals surface area contributed by atoms with Crippen molar-refractivity contribution in [1.82, 2.24) is 9.80 Å². The third-order valence-electron chi connectivity index (χ3n) is 6.03. The fourth-order valence-electron chi connectivity index (χ4n) is 4.10. The van der Waals surface area contributed by atoms with E-state index in [1.807, 2.05) is 30.3 Å². The number of fused-ring (bicyclic) bond motifs is 1. The highest BCUT2D eigenvalue weighted by molar-refractivity contribution is 6.52. The summed E-state index contributed by atoms with van der Waals surface area (Å²) in [5, 5.41) is 0. The van der Waals surface area contributed by atoms with Crippen LogP contribution in [-0.2, 0) is 11.3 Å². The zero-order valence-corrected chi connectivity index (χ0v) is 17.9. The van der Waals surface area contributed by atoms with Gasteiger partial charge in [-0.2, -0.15) is 0 Å². The Kier molecular flexibility index (Phi) is 5.88. The van der Waals surface area contributed by atoms with Crippen LogP contribution in [0.25, 0.3) is 0 Å².